The maximum absolute atomic E-state index is 5.82. The fourth-order valence-corrected chi connectivity index (χ4v) is 3.64. The Bertz CT molecular complexity index is 207. The van der Waals surface area contributed by atoms with Crippen molar-refractivity contribution in [1.29, 1.82) is 0 Å². The van der Waals surface area contributed by atoms with E-state index in [-0.39, 0.29) is 0 Å². The van der Waals surface area contributed by atoms with Gasteiger partial charge in [-0.25, -0.2) is 0 Å². The zero-order valence-corrected chi connectivity index (χ0v) is 12.2. The minimum atomic E-state index is 0.489. The highest BCUT2D eigenvalue weighted by Gasteiger charge is 2.29. The summed E-state index contributed by atoms with van der Waals surface area (Å²) in [5, 5.41) is 3.63. The molecule has 2 rings (SSSR count). The Labute approximate surface area is 112 Å². The molecule has 1 aliphatic carbocycles. The standard InChI is InChI=1S/C15H30N2O/c1-3-16-13-7-5-8-14(11-13)17-10-6-9-15(12-17)18-4-2/h13-16H,3-12H2,1-2H3. The number of likely N-dealkylation sites (tertiary alicyclic amines) is 1. The predicted octanol–water partition coefficient (Wildman–Crippen LogP) is 2.41. The minimum absolute atomic E-state index is 0.489. The Balaban J connectivity index is 1.82. The number of hydrogen-bond acceptors (Lipinski definition) is 3. The second-order valence-corrected chi connectivity index (χ2v) is 5.79. The van der Waals surface area contributed by atoms with Crippen molar-refractivity contribution in [1.82, 2.24) is 10.2 Å². The molecule has 0 bridgehead atoms. The Morgan fingerprint density at radius 3 is 2.83 bits per heavy atom. The van der Waals surface area contributed by atoms with Gasteiger partial charge in [-0.15, -0.1) is 0 Å². The van der Waals surface area contributed by atoms with Gasteiger partial charge in [-0.3, -0.25) is 4.90 Å². The van der Waals surface area contributed by atoms with Gasteiger partial charge < -0.3 is 10.1 Å². The van der Waals surface area contributed by atoms with Gasteiger partial charge in [0.05, 0.1) is 6.10 Å². The molecule has 0 aromatic heterocycles. The maximum Gasteiger partial charge on any atom is 0.0702 e. The summed E-state index contributed by atoms with van der Waals surface area (Å²) in [6.45, 7) is 8.75. The third-order valence-corrected chi connectivity index (χ3v) is 4.47. The lowest BCUT2D eigenvalue weighted by molar-refractivity contribution is -0.0143. The van der Waals surface area contributed by atoms with Gasteiger partial charge >= 0.3 is 0 Å². The highest BCUT2D eigenvalue weighted by molar-refractivity contribution is 4.86. The van der Waals surface area contributed by atoms with Crippen LogP contribution in [0.15, 0.2) is 0 Å². The fourth-order valence-electron chi connectivity index (χ4n) is 3.64. The lowest BCUT2D eigenvalue weighted by atomic mass is 9.88. The van der Waals surface area contributed by atoms with E-state index in [1.807, 2.05) is 0 Å². The lowest BCUT2D eigenvalue weighted by Gasteiger charge is -2.41. The lowest BCUT2D eigenvalue weighted by Crippen LogP contribution is -2.49. The zero-order valence-electron chi connectivity index (χ0n) is 12.2. The van der Waals surface area contributed by atoms with Crippen LogP contribution in [0.1, 0.15) is 52.4 Å². The van der Waals surface area contributed by atoms with Gasteiger partial charge in [0.15, 0.2) is 0 Å². The molecular formula is C15H30N2O. The van der Waals surface area contributed by atoms with Crippen molar-refractivity contribution in [3.63, 3.8) is 0 Å². The third kappa shape index (κ3) is 3.94. The molecule has 106 valence electrons. The van der Waals surface area contributed by atoms with Crippen LogP contribution in [-0.2, 0) is 4.74 Å². The predicted molar refractivity (Wildman–Crippen MR) is 75.9 cm³/mol. The smallest absolute Gasteiger partial charge is 0.0702 e. The van der Waals surface area contributed by atoms with Crippen LogP contribution < -0.4 is 5.32 Å². The van der Waals surface area contributed by atoms with E-state index in [4.69, 9.17) is 4.74 Å². The quantitative estimate of drug-likeness (QED) is 0.815. The van der Waals surface area contributed by atoms with Crippen molar-refractivity contribution >= 4 is 0 Å². The maximum atomic E-state index is 5.82. The molecule has 0 aromatic carbocycles. The fraction of sp³-hybridized carbons (Fsp3) is 1.00. The number of hydrogen-bond donors (Lipinski definition) is 1. The van der Waals surface area contributed by atoms with Crippen LogP contribution >= 0.6 is 0 Å². The molecular weight excluding hydrogens is 224 g/mol. The average molecular weight is 254 g/mol. The Hall–Kier alpha value is -0.120. The highest BCUT2D eigenvalue weighted by Crippen LogP contribution is 2.26. The monoisotopic (exact) mass is 254 g/mol. The van der Waals surface area contributed by atoms with E-state index in [1.165, 1.54) is 45.1 Å². The second-order valence-electron chi connectivity index (χ2n) is 5.79. The number of rotatable bonds is 5. The summed E-state index contributed by atoms with van der Waals surface area (Å²) in [6.07, 6.45) is 8.54. The summed E-state index contributed by atoms with van der Waals surface area (Å²) in [4.78, 5) is 2.70. The molecule has 1 heterocycles. The first-order valence-electron chi connectivity index (χ1n) is 7.92. The topological polar surface area (TPSA) is 24.5 Å². The molecule has 3 heteroatoms. The number of nitrogens with one attached hydrogen (secondary N) is 1. The molecule has 1 saturated heterocycles. The van der Waals surface area contributed by atoms with Gasteiger partial charge in [0.1, 0.15) is 0 Å². The summed E-state index contributed by atoms with van der Waals surface area (Å²) in [5.41, 5.74) is 0. The summed E-state index contributed by atoms with van der Waals surface area (Å²) >= 11 is 0. The van der Waals surface area contributed by atoms with Crippen LogP contribution in [0, 0.1) is 0 Å². The van der Waals surface area contributed by atoms with Gasteiger partial charge in [-0.1, -0.05) is 13.3 Å². The minimum Gasteiger partial charge on any atom is -0.377 e. The molecule has 0 radical (unpaired) electrons. The molecule has 0 spiro atoms. The molecule has 1 saturated carbocycles. The summed E-state index contributed by atoms with van der Waals surface area (Å²) in [6, 6.07) is 1.55. The number of piperidine rings is 1. The molecule has 0 amide bonds. The van der Waals surface area contributed by atoms with Crippen LogP contribution in [0.25, 0.3) is 0 Å². The summed E-state index contributed by atoms with van der Waals surface area (Å²) < 4.78 is 5.82. The van der Waals surface area contributed by atoms with Crippen molar-refractivity contribution in [3.05, 3.63) is 0 Å². The molecule has 1 N–H and O–H groups in total. The van der Waals surface area contributed by atoms with Gasteiger partial charge in [0.2, 0.25) is 0 Å². The first kappa shape index (κ1) is 14.3. The molecule has 18 heavy (non-hydrogen) atoms. The average Bonchev–Trinajstić information content (AvgIpc) is 2.40. The molecule has 0 aromatic rings. The third-order valence-electron chi connectivity index (χ3n) is 4.47. The second kappa shape index (κ2) is 7.46. The summed E-state index contributed by atoms with van der Waals surface area (Å²) in [7, 11) is 0. The van der Waals surface area contributed by atoms with Gasteiger partial charge in [-0.2, -0.15) is 0 Å². The van der Waals surface area contributed by atoms with Gasteiger partial charge in [0, 0.05) is 25.2 Å². The zero-order chi connectivity index (χ0) is 12.8. The van der Waals surface area contributed by atoms with E-state index < -0.39 is 0 Å². The highest BCUT2D eigenvalue weighted by atomic mass is 16.5. The Morgan fingerprint density at radius 2 is 2.06 bits per heavy atom. The number of ether oxygens (including phenoxy) is 1. The molecule has 1 aliphatic heterocycles. The first-order valence-corrected chi connectivity index (χ1v) is 7.92. The Morgan fingerprint density at radius 1 is 1.17 bits per heavy atom. The van der Waals surface area contributed by atoms with Crippen molar-refractivity contribution in [3.8, 4) is 0 Å². The summed E-state index contributed by atoms with van der Waals surface area (Å²) in [5.74, 6) is 0. The van der Waals surface area contributed by atoms with Crippen LogP contribution in [0.5, 0.6) is 0 Å². The van der Waals surface area contributed by atoms with E-state index >= 15 is 0 Å². The first-order chi connectivity index (χ1) is 8.83. The van der Waals surface area contributed by atoms with Crippen LogP contribution in [-0.4, -0.2) is 49.3 Å². The van der Waals surface area contributed by atoms with E-state index in [9.17, 15) is 0 Å². The molecule has 3 nitrogen and oxygen atoms in total. The normalized spacial score (nSPS) is 34.7. The van der Waals surface area contributed by atoms with E-state index in [0.29, 0.717) is 6.10 Å². The van der Waals surface area contributed by atoms with E-state index in [2.05, 4.69) is 24.1 Å². The molecule has 3 unspecified atom stereocenters. The van der Waals surface area contributed by atoms with Crippen molar-refractivity contribution in [2.75, 3.05) is 26.2 Å². The van der Waals surface area contributed by atoms with Crippen LogP contribution in [0.4, 0.5) is 0 Å². The van der Waals surface area contributed by atoms with Crippen molar-refractivity contribution in [2.24, 2.45) is 0 Å². The van der Waals surface area contributed by atoms with Gasteiger partial charge in [-0.05, 0) is 52.1 Å². The van der Waals surface area contributed by atoms with E-state index in [0.717, 1.165) is 31.8 Å². The molecule has 2 fully saturated rings. The molecule has 3 atom stereocenters. The number of nitrogens with zero attached hydrogens (tertiary/aromatic N) is 1. The van der Waals surface area contributed by atoms with E-state index in [1.54, 1.807) is 0 Å². The Kier molecular flexibility index (Phi) is 5.93. The molecule has 2 aliphatic rings. The SMILES string of the molecule is CCNC1CCCC(N2CCCC(OCC)C2)C1. The largest absolute Gasteiger partial charge is 0.377 e. The van der Waals surface area contributed by atoms with Gasteiger partial charge in [0.25, 0.3) is 0 Å². The van der Waals surface area contributed by atoms with Crippen LogP contribution in [0.3, 0.4) is 0 Å². The van der Waals surface area contributed by atoms with Crippen molar-refractivity contribution in [2.45, 2.75) is 70.6 Å². The van der Waals surface area contributed by atoms with Crippen LogP contribution in [0.2, 0.25) is 0 Å². The van der Waals surface area contributed by atoms with Crippen molar-refractivity contribution < 1.29 is 4.74 Å².